The monoisotopic (exact) mass is 272 g/mol. The lowest BCUT2D eigenvalue weighted by molar-refractivity contribution is -0.118. The Morgan fingerprint density at radius 2 is 2.22 bits per heavy atom. The molecule has 100 valence electrons. The standard InChI is InChI=1S/C10H16N4O3S/c1-7(5-10(11)15)14-18(16,17)9-6-13-4-3-8(9)12-2/h3-4,6-7,14H,5H2,1-2H3,(H2,11,15)(H,12,13). The zero-order valence-corrected chi connectivity index (χ0v) is 11.0. The van der Waals surface area contributed by atoms with Crippen molar-refractivity contribution in [2.24, 2.45) is 5.73 Å². The van der Waals surface area contributed by atoms with E-state index in [0.717, 1.165) is 0 Å². The van der Waals surface area contributed by atoms with E-state index >= 15 is 0 Å². The van der Waals surface area contributed by atoms with Crippen LogP contribution in [-0.4, -0.2) is 32.4 Å². The molecule has 0 aliphatic carbocycles. The normalized spacial score (nSPS) is 13.0. The molecule has 0 aliphatic heterocycles. The van der Waals surface area contributed by atoms with Crippen LogP contribution in [0.15, 0.2) is 23.4 Å². The molecule has 0 fully saturated rings. The van der Waals surface area contributed by atoms with Gasteiger partial charge in [0.15, 0.2) is 0 Å². The molecule has 1 heterocycles. The van der Waals surface area contributed by atoms with Crippen LogP contribution in [0.2, 0.25) is 0 Å². The molecule has 1 aromatic heterocycles. The average Bonchev–Trinajstić information content (AvgIpc) is 2.27. The van der Waals surface area contributed by atoms with E-state index in [9.17, 15) is 13.2 Å². The van der Waals surface area contributed by atoms with Crippen LogP contribution in [0.5, 0.6) is 0 Å². The van der Waals surface area contributed by atoms with E-state index in [0.29, 0.717) is 5.69 Å². The minimum Gasteiger partial charge on any atom is -0.387 e. The number of aromatic nitrogens is 1. The third-order valence-electron chi connectivity index (χ3n) is 2.21. The van der Waals surface area contributed by atoms with Crippen LogP contribution in [0, 0.1) is 0 Å². The van der Waals surface area contributed by atoms with Gasteiger partial charge in [-0.2, -0.15) is 0 Å². The number of hydrogen-bond acceptors (Lipinski definition) is 5. The van der Waals surface area contributed by atoms with Gasteiger partial charge in [-0.15, -0.1) is 0 Å². The maximum Gasteiger partial charge on any atom is 0.244 e. The van der Waals surface area contributed by atoms with Gasteiger partial charge in [0, 0.05) is 31.9 Å². The number of carbonyl (C=O) groups is 1. The van der Waals surface area contributed by atoms with Gasteiger partial charge in [0.25, 0.3) is 0 Å². The summed E-state index contributed by atoms with van der Waals surface area (Å²) in [5.41, 5.74) is 5.44. The molecule has 0 saturated heterocycles. The summed E-state index contributed by atoms with van der Waals surface area (Å²) in [5, 5.41) is 2.76. The summed E-state index contributed by atoms with van der Waals surface area (Å²) in [6.07, 6.45) is 2.66. The molecule has 1 rings (SSSR count). The number of nitrogens with two attached hydrogens (primary N) is 1. The second kappa shape index (κ2) is 5.78. The van der Waals surface area contributed by atoms with Crippen LogP contribution in [0.3, 0.4) is 0 Å². The van der Waals surface area contributed by atoms with E-state index in [4.69, 9.17) is 5.73 Å². The first-order valence-corrected chi connectivity index (χ1v) is 6.77. The number of primary amides is 1. The van der Waals surface area contributed by atoms with Crippen LogP contribution in [0.25, 0.3) is 0 Å². The molecule has 0 radical (unpaired) electrons. The zero-order chi connectivity index (χ0) is 13.8. The molecule has 1 aromatic rings. The van der Waals surface area contributed by atoms with Crippen molar-refractivity contribution in [1.29, 1.82) is 0 Å². The lowest BCUT2D eigenvalue weighted by atomic mass is 10.2. The van der Waals surface area contributed by atoms with Gasteiger partial charge in [-0.1, -0.05) is 0 Å². The molecule has 4 N–H and O–H groups in total. The Morgan fingerprint density at radius 1 is 1.56 bits per heavy atom. The van der Waals surface area contributed by atoms with Crippen LogP contribution in [0.1, 0.15) is 13.3 Å². The van der Waals surface area contributed by atoms with E-state index in [-0.39, 0.29) is 11.3 Å². The van der Waals surface area contributed by atoms with Gasteiger partial charge >= 0.3 is 0 Å². The molecule has 0 bridgehead atoms. The zero-order valence-electron chi connectivity index (χ0n) is 10.2. The largest absolute Gasteiger partial charge is 0.387 e. The molecule has 7 nitrogen and oxygen atoms in total. The molecular weight excluding hydrogens is 256 g/mol. The number of anilines is 1. The van der Waals surface area contributed by atoms with Gasteiger partial charge in [0.1, 0.15) is 4.90 Å². The van der Waals surface area contributed by atoms with Crippen molar-refractivity contribution >= 4 is 21.6 Å². The second-order valence-corrected chi connectivity index (χ2v) is 5.50. The SMILES string of the molecule is CNc1ccncc1S(=O)(=O)NC(C)CC(N)=O. The lowest BCUT2D eigenvalue weighted by Gasteiger charge is -2.14. The molecule has 1 amide bonds. The highest BCUT2D eigenvalue weighted by Crippen LogP contribution is 2.19. The molecule has 0 aliphatic rings. The van der Waals surface area contributed by atoms with E-state index in [1.807, 2.05) is 0 Å². The summed E-state index contributed by atoms with van der Waals surface area (Å²) in [7, 11) is -2.12. The number of nitrogens with one attached hydrogen (secondary N) is 2. The summed E-state index contributed by atoms with van der Waals surface area (Å²) in [4.78, 5) is 14.5. The van der Waals surface area contributed by atoms with Gasteiger partial charge in [-0.25, -0.2) is 13.1 Å². The number of pyridine rings is 1. The van der Waals surface area contributed by atoms with E-state index in [1.165, 1.54) is 12.4 Å². The maximum absolute atomic E-state index is 12.1. The Morgan fingerprint density at radius 3 is 2.78 bits per heavy atom. The minimum absolute atomic E-state index is 0.0313. The first-order valence-electron chi connectivity index (χ1n) is 5.29. The Bertz CT molecular complexity index is 530. The van der Waals surface area contributed by atoms with Gasteiger partial charge < -0.3 is 11.1 Å². The smallest absolute Gasteiger partial charge is 0.244 e. The van der Waals surface area contributed by atoms with Crippen molar-refractivity contribution in [2.75, 3.05) is 12.4 Å². The first-order chi connectivity index (χ1) is 8.36. The van der Waals surface area contributed by atoms with Crippen molar-refractivity contribution in [3.05, 3.63) is 18.5 Å². The van der Waals surface area contributed by atoms with Gasteiger partial charge in [0.05, 0.1) is 5.69 Å². The number of sulfonamides is 1. The summed E-state index contributed by atoms with van der Waals surface area (Å²) in [5.74, 6) is -0.565. The third kappa shape index (κ3) is 3.67. The summed E-state index contributed by atoms with van der Waals surface area (Å²) in [6.45, 7) is 1.57. The van der Waals surface area contributed by atoms with Gasteiger partial charge in [-0.3, -0.25) is 9.78 Å². The number of rotatable bonds is 6. The molecule has 0 aromatic carbocycles. The topological polar surface area (TPSA) is 114 Å². The molecule has 0 saturated carbocycles. The number of amides is 1. The summed E-state index contributed by atoms with van der Waals surface area (Å²) >= 11 is 0. The van der Waals surface area contributed by atoms with Crippen molar-refractivity contribution in [2.45, 2.75) is 24.3 Å². The maximum atomic E-state index is 12.1. The fourth-order valence-electron chi connectivity index (χ4n) is 1.47. The highest BCUT2D eigenvalue weighted by atomic mass is 32.2. The van der Waals surface area contributed by atoms with Crippen molar-refractivity contribution in [3.8, 4) is 0 Å². The first kappa shape index (κ1) is 14.4. The number of carbonyl (C=O) groups excluding carboxylic acids is 1. The van der Waals surface area contributed by atoms with E-state index < -0.39 is 22.0 Å². The van der Waals surface area contributed by atoms with Crippen LogP contribution in [0.4, 0.5) is 5.69 Å². The number of nitrogens with zero attached hydrogens (tertiary/aromatic N) is 1. The van der Waals surface area contributed by atoms with Crippen molar-refractivity contribution < 1.29 is 13.2 Å². The molecule has 18 heavy (non-hydrogen) atoms. The summed E-state index contributed by atoms with van der Waals surface area (Å²) in [6, 6.07) is 0.977. The van der Waals surface area contributed by atoms with Crippen molar-refractivity contribution in [1.82, 2.24) is 9.71 Å². The lowest BCUT2D eigenvalue weighted by Crippen LogP contribution is -2.36. The van der Waals surface area contributed by atoms with Gasteiger partial charge in [-0.05, 0) is 13.0 Å². The number of hydrogen-bond donors (Lipinski definition) is 3. The molecule has 1 atom stereocenters. The Hall–Kier alpha value is -1.67. The average molecular weight is 272 g/mol. The highest BCUT2D eigenvalue weighted by Gasteiger charge is 2.21. The Kier molecular flexibility index (Phi) is 4.62. The van der Waals surface area contributed by atoms with Gasteiger partial charge in [0.2, 0.25) is 15.9 Å². The molecular formula is C10H16N4O3S. The van der Waals surface area contributed by atoms with Crippen molar-refractivity contribution in [3.63, 3.8) is 0 Å². The van der Waals surface area contributed by atoms with E-state index in [2.05, 4.69) is 15.0 Å². The quantitative estimate of drug-likeness (QED) is 0.656. The van der Waals surface area contributed by atoms with Crippen LogP contribution >= 0.6 is 0 Å². The van der Waals surface area contributed by atoms with E-state index in [1.54, 1.807) is 20.0 Å². The molecule has 0 spiro atoms. The van der Waals surface area contributed by atoms with Crippen LogP contribution < -0.4 is 15.8 Å². The fraction of sp³-hybridized carbons (Fsp3) is 0.400. The molecule has 1 unspecified atom stereocenters. The Labute approximate surface area is 106 Å². The fourth-order valence-corrected chi connectivity index (χ4v) is 2.87. The van der Waals surface area contributed by atoms with Crippen LogP contribution in [-0.2, 0) is 14.8 Å². The molecule has 8 heteroatoms. The third-order valence-corrected chi connectivity index (χ3v) is 3.82. The minimum atomic E-state index is -3.73. The predicted molar refractivity (Wildman–Crippen MR) is 67.4 cm³/mol. The second-order valence-electron chi connectivity index (χ2n) is 3.81. The Balaban J connectivity index is 2.96. The predicted octanol–water partition coefficient (Wildman–Crippen LogP) is -0.334. The highest BCUT2D eigenvalue weighted by molar-refractivity contribution is 7.89. The summed E-state index contributed by atoms with van der Waals surface area (Å²) < 4.78 is 26.5.